The van der Waals surface area contributed by atoms with Crippen LogP contribution in [0.2, 0.25) is 0 Å². The molecule has 0 radical (unpaired) electrons. The fourth-order valence-corrected chi connectivity index (χ4v) is 14.7. The first kappa shape index (κ1) is 109. The van der Waals surface area contributed by atoms with Crippen LogP contribution in [0.3, 0.4) is 0 Å². The highest BCUT2D eigenvalue weighted by Crippen LogP contribution is 2.44. The lowest BCUT2D eigenvalue weighted by Crippen LogP contribution is -2.52. The number of ether oxygens (including phenoxy) is 4. The lowest BCUT2D eigenvalue weighted by molar-refractivity contribution is -0.513. The summed E-state index contributed by atoms with van der Waals surface area (Å²) in [4.78, 5) is 208. The molecule has 0 saturated carbocycles. The van der Waals surface area contributed by atoms with E-state index < -0.39 is 103 Å². The van der Waals surface area contributed by atoms with Crippen LogP contribution in [0, 0.1) is 3.57 Å². The maximum absolute atomic E-state index is 14.2. The minimum atomic E-state index is -1.55. The third kappa shape index (κ3) is 44.8. The van der Waals surface area contributed by atoms with Gasteiger partial charge in [0.2, 0.25) is 53.0 Å². The molecule has 0 spiro atoms. The van der Waals surface area contributed by atoms with E-state index in [1.807, 2.05) is 82.4 Å². The zero-order valence-corrected chi connectivity index (χ0v) is 76.6. The van der Waals surface area contributed by atoms with Crippen molar-refractivity contribution in [2.24, 2.45) is 5.11 Å². The number of nitrogens with zero attached hydrogens (tertiary/aromatic N) is 7. The lowest BCUT2D eigenvalue weighted by Gasteiger charge is -2.32. The molecular weight excluding hydrogens is 1840 g/mol. The lowest BCUT2D eigenvalue weighted by atomic mass is 9.94. The van der Waals surface area contributed by atoms with E-state index in [0.717, 1.165) is 37.9 Å². The van der Waals surface area contributed by atoms with Gasteiger partial charge in [-0.05, 0) is 135 Å². The topological polar surface area (TPSA) is 591 Å². The van der Waals surface area contributed by atoms with E-state index in [1.54, 1.807) is 19.6 Å². The van der Waals surface area contributed by atoms with Crippen molar-refractivity contribution in [2.45, 2.75) is 166 Å². The Morgan fingerprint density at radius 1 is 0.379 bits per heavy atom. The van der Waals surface area contributed by atoms with Gasteiger partial charge in [-0.1, -0.05) is 59.6 Å². The summed E-state index contributed by atoms with van der Waals surface area (Å²) >= 11 is 2.22. The Morgan fingerprint density at radius 3 is 1.37 bits per heavy atom. The molecule has 3 heterocycles. The number of nitrogens with one attached hydrogen (secondary N) is 9. The van der Waals surface area contributed by atoms with Gasteiger partial charge in [-0.25, -0.2) is 19.2 Å². The summed E-state index contributed by atoms with van der Waals surface area (Å²) in [5, 5.41) is 94.9. The Balaban J connectivity index is 0.845. The molecule has 0 aliphatic carbocycles. The van der Waals surface area contributed by atoms with E-state index in [-0.39, 0.29) is 232 Å². The number of azo groups is 2. The first-order chi connectivity index (χ1) is 63.4. The van der Waals surface area contributed by atoms with Crippen LogP contribution >= 0.6 is 22.6 Å². The number of rotatable bonds is 64. The third-order valence-electron chi connectivity index (χ3n) is 21.5. The molecule has 0 bridgehead atoms. The van der Waals surface area contributed by atoms with Gasteiger partial charge >= 0.3 is 47.8 Å². The van der Waals surface area contributed by atoms with Gasteiger partial charge in [-0.2, -0.15) is 0 Å². The number of aliphatic carboxylic acids is 7. The van der Waals surface area contributed by atoms with Crippen LogP contribution in [0.1, 0.15) is 151 Å². The van der Waals surface area contributed by atoms with Crippen molar-refractivity contribution in [3.8, 4) is 0 Å². The fourth-order valence-electron chi connectivity index (χ4n) is 14.4. The van der Waals surface area contributed by atoms with Crippen LogP contribution in [-0.2, 0) is 104 Å². The Hall–Kier alpha value is -11.3. The number of fused-ring (bicyclic) bond motifs is 4. The second-order valence-electron chi connectivity index (χ2n) is 31.8. The number of urea groups is 1. The van der Waals surface area contributed by atoms with Gasteiger partial charge in [-0.3, -0.25) is 77.1 Å². The average Bonchev–Trinajstić information content (AvgIpc) is 0.734. The maximum atomic E-state index is 14.2. The van der Waals surface area contributed by atoms with E-state index in [9.17, 15) is 107 Å². The monoisotopic (exact) mass is 1970 g/mol. The molecule has 728 valence electrons. The van der Waals surface area contributed by atoms with Crippen LogP contribution in [0.15, 0.2) is 77.9 Å². The Kier molecular flexibility index (Phi) is 51.6. The zero-order chi connectivity index (χ0) is 96.0. The number of halogens is 1. The maximum Gasteiger partial charge on any atom is 0.326 e. The first-order valence-corrected chi connectivity index (χ1v) is 45.7. The van der Waals surface area contributed by atoms with Crippen LogP contribution in [0.5, 0.6) is 0 Å². The minimum Gasteiger partial charge on any atom is -0.481 e. The molecule has 1 saturated heterocycles. The molecular formula is C88H128IN16O27+. The summed E-state index contributed by atoms with van der Waals surface area (Å²) in [6.07, 6.45) is 3.40. The number of carboxylic acids is 7. The van der Waals surface area contributed by atoms with Crippen molar-refractivity contribution in [3.63, 3.8) is 0 Å². The van der Waals surface area contributed by atoms with E-state index in [2.05, 4.69) is 70.4 Å². The quantitative estimate of drug-likeness (QED) is 0.0218. The fraction of sp³-hybridized carbons (Fsp3) is 0.591. The van der Waals surface area contributed by atoms with E-state index >= 15 is 0 Å². The van der Waals surface area contributed by atoms with Gasteiger partial charge in [0, 0.05) is 151 Å². The Morgan fingerprint density at radius 2 is 0.826 bits per heavy atom. The van der Waals surface area contributed by atoms with Crippen LogP contribution < -0.4 is 52.8 Å². The van der Waals surface area contributed by atoms with Crippen LogP contribution in [0.4, 0.5) is 10.5 Å². The Bertz CT molecular complexity index is 4320. The van der Waals surface area contributed by atoms with Gasteiger partial charge in [0.15, 0.2) is 6.54 Å². The molecule has 16 N–H and O–H groups in total. The highest BCUT2D eigenvalue weighted by molar-refractivity contribution is 14.1. The molecule has 1 fully saturated rings. The van der Waals surface area contributed by atoms with Crippen molar-refractivity contribution in [1.29, 1.82) is 0 Å². The zero-order valence-electron chi connectivity index (χ0n) is 74.5. The van der Waals surface area contributed by atoms with Crippen molar-refractivity contribution in [1.82, 2.24) is 67.5 Å². The third-order valence-corrected chi connectivity index (χ3v) is 22.2. The molecule has 132 heavy (non-hydrogen) atoms. The summed E-state index contributed by atoms with van der Waals surface area (Å²) in [5.41, 5.74) is 5.74. The van der Waals surface area contributed by atoms with E-state index in [4.69, 9.17) is 29.2 Å². The Labute approximate surface area is 779 Å². The highest BCUT2D eigenvalue weighted by Gasteiger charge is 2.41. The van der Waals surface area contributed by atoms with Crippen molar-refractivity contribution in [3.05, 3.63) is 98.6 Å². The summed E-state index contributed by atoms with van der Waals surface area (Å²) in [6, 6.07) is 16.5. The summed E-state index contributed by atoms with van der Waals surface area (Å²) in [7, 11) is 0. The summed E-state index contributed by atoms with van der Waals surface area (Å²) < 4.78 is 25.4. The number of benzene rings is 3. The summed E-state index contributed by atoms with van der Waals surface area (Å²) in [5.74, 6) is -11.8. The number of carboxylic acid groups (broad SMARTS) is 7. The SMILES string of the molecule is O=C(O)CCC(NC(=O)NC(CCCCNC(=O)CCCCCNC(=O)CCC(NC(=O)CCOCCOCCOCCOCCNC(=O)CCC(=O)N1Cc2ccccc2C2=C(N=[N+]2CCCNC(=O)CN2CCN(CC(=O)O)CCN(CC(=O)O)CCN(CC(=O)O)CC2)c2ccccc21)C(=O)NC(CCCCNC(=O)CCCc1ccc(I)cc1)C(=O)O)C(=O)O)C(=O)O. The van der Waals surface area contributed by atoms with E-state index in [1.165, 1.54) is 0 Å². The number of carbonyl (C=O) groups excluding carboxylic acids is 9. The molecule has 4 unspecified atom stereocenters. The van der Waals surface area contributed by atoms with Gasteiger partial charge in [-0.15, -0.1) is 0 Å². The van der Waals surface area contributed by atoms with E-state index in [0.29, 0.717) is 102 Å². The average molecular weight is 1970 g/mol. The van der Waals surface area contributed by atoms with Gasteiger partial charge < -0.3 is 107 Å². The minimum absolute atomic E-state index is 0.00754. The molecule has 43 nitrogen and oxygen atoms in total. The number of unbranched alkanes of at least 4 members (excludes halogenated alkanes) is 4. The highest BCUT2D eigenvalue weighted by atomic mass is 127. The van der Waals surface area contributed by atoms with Gasteiger partial charge in [0.05, 0.1) is 96.8 Å². The summed E-state index contributed by atoms with van der Waals surface area (Å²) in [6.45, 7) is 4.30. The second-order valence-corrected chi connectivity index (χ2v) is 33.1. The predicted octanol–water partition coefficient (Wildman–Crippen LogP) is 1.95. The standard InChI is InChI=1S/C88H127IN16O27/c89-63-25-23-61(24-26-63)14-12-22-72(107)91-36-10-7-18-67(85(122)123)96-84(121)66(27-29-73(108)92-34-9-1-2-21-71(106)90-35-11-8-19-68(86(124)125)97-88(128)98-69(87(126)127)28-32-78(113)114)95-75(110)33-48-129-50-52-131-54-55-132-53-51-130-49-38-94-74(109)30-31-77(112)104-56-62-15-3-4-16-64(62)83-82(65-17-5-6-20-70(65)104)99-105(83)39-13-37-93-76(111)57-100-40-42-101(58-79(115)116)44-46-103(60-81(119)120)47-45-102(43-41-100)59-80(117)118/h3-6,15-17,20,23-26,66-69H,1-2,7-14,18-19,21-22,27-60H2,(H15-,90,91,92,93,94,95,96,97,98,106,107,108,109,110,111,113,114,115,116,117,118,119,120,121,122,123,124,125,126,127,128)/p+1. The number of anilines is 1. The number of carbonyl (C=O) groups is 16. The number of hydrogen-bond acceptors (Lipinski definition) is 25. The predicted molar refractivity (Wildman–Crippen MR) is 484 cm³/mol. The first-order valence-electron chi connectivity index (χ1n) is 44.6. The van der Waals surface area contributed by atoms with Crippen LogP contribution in [-0.4, -0.2) is 350 Å². The molecule has 4 atom stereocenters. The van der Waals surface area contributed by atoms with Crippen molar-refractivity contribution in [2.75, 3.05) is 176 Å². The molecule has 3 aromatic rings. The van der Waals surface area contributed by atoms with Crippen LogP contribution in [0.25, 0.3) is 11.4 Å². The molecule has 0 aromatic heterocycles. The number of hydrogen-bond donors (Lipinski definition) is 16. The number of aryl methyl sites for hydroxylation is 1. The largest absolute Gasteiger partial charge is 0.481 e. The molecule has 6 rings (SSSR count). The number of para-hydroxylation sites is 1. The molecule has 3 aliphatic heterocycles. The second kappa shape index (κ2) is 62.2. The number of amides is 10. The molecule has 3 aromatic carbocycles. The molecule has 10 amide bonds. The normalized spacial score (nSPS) is 14.7. The van der Waals surface area contributed by atoms with Gasteiger partial charge in [0.25, 0.3) is 5.70 Å². The smallest absolute Gasteiger partial charge is 0.326 e. The molecule has 44 heteroatoms. The van der Waals surface area contributed by atoms with Gasteiger partial charge in [0.1, 0.15) is 24.2 Å². The van der Waals surface area contributed by atoms with Crippen molar-refractivity contribution < 1.29 is 136 Å². The van der Waals surface area contributed by atoms with Crippen molar-refractivity contribution >= 4 is 135 Å². The molecule has 3 aliphatic rings.